The Balaban J connectivity index is 1.74. The third kappa shape index (κ3) is 3.69. The second-order valence-electron chi connectivity index (χ2n) is 6.03. The van der Waals surface area contributed by atoms with Crippen LogP contribution in [-0.4, -0.2) is 53.1 Å². The average molecular weight is 351 g/mol. The first kappa shape index (κ1) is 16.8. The van der Waals surface area contributed by atoms with E-state index in [4.69, 9.17) is 4.42 Å². The van der Waals surface area contributed by atoms with Gasteiger partial charge in [0.25, 0.3) is 5.91 Å². The molecule has 0 bridgehead atoms. The zero-order valence-corrected chi connectivity index (χ0v) is 14.4. The Hall–Kier alpha value is -2.09. The molecular formula is C16H21N3O4S. The lowest BCUT2D eigenvalue weighted by atomic mass is 10.2. The van der Waals surface area contributed by atoms with Crippen LogP contribution in [0, 0.1) is 0 Å². The first-order valence-corrected chi connectivity index (χ1v) is 9.88. The second-order valence-corrected chi connectivity index (χ2v) is 8.25. The van der Waals surface area contributed by atoms with Crippen LogP contribution in [0.1, 0.15) is 36.1 Å². The van der Waals surface area contributed by atoms with Gasteiger partial charge in [-0.15, -0.1) is 0 Å². The maximum absolute atomic E-state index is 12.8. The van der Waals surface area contributed by atoms with Gasteiger partial charge in [0.15, 0.2) is 15.6 Å². The average Bonchev–Trinajstić information content (AvgIpc) is 3.26. The molecule has 1 saturated heterocycles. The predicted octanol–water partition coefficient (Wildman–Crippen LogP) is 1.56. The molecule has 0 radical (unpaired) electrons. The van der Waals surface area contributed by atoms with Gasteiger partial charge in [0, 0.05) is 25.0 Å². The smallest absolute Gasteiger partial charge is 0.289 e. The number of amides is 1. The van der Waals surface area contributed by atoms with Crippen molar-refractivity contribution in [3.63, 3.8) is 0 Å². The molecule has 7 nitrogen and oxygen atoms in total. The Morgan fingerprint density at radius 1 is 1.46 bits per heavy atom. The van der Waals surface area contributed by atoms with Gasteiger partial charge >= 0.3 is 0 Å². The molecule has 2 aromatic heterocycles. The van der Waals surface area contributed by atoms with Crippen molar-refractivity contribution in [2.75, 3.05) is 18.1 Å². The fraction of sp³-hybridized carbons (Fsp3) is 0.500. The molecule has 3 heterocycles. The van der Waals surface area contributed by atoms with E-state index in [1.807, 2.05) is 19.2 Å². The Morgan fingerprint density at radius 3 is 2.92 bits per heavy atom. The summed E-state index contributed by atoms with van der Waals surface area (Å²) in [7, 11) is -3.04. The maximum Gasteiger partial charge on any atom is 0.289 e. The van der Waals surface area contributed by atoms with Gasteiger partial charge in [-0.25, -0.2) is 8.42 Å². The topological polar surface area (TPSA) is 85.4 Å². The SMILES string of the molecule is CCCN(C(=O)c1ccc(Cn2cccn2)o1)C1CCS(=O)(=O)C1. The van der Waals surface area contributed by atoms with Gasteiger partial charge in [0.1, 0.15) is 5.76 Å². The van der Waals surface area contributed by atoms with Gasteiger partial charge in [0.05, 0.1) is 18.1 Å². The molecule has 2 aromatic rings. The molecule has 24 heavy (non-hydrogen) atoms. The summed E-state index contributed by atoms with van der Waals surface area (Å²) in [6.07, 6.45) is 4.76. The molecule has 0 N–H and O–H groups in total. The number of hydrogen-bond acceptors (Lipinski definition) is 5. The Morgan fingerprint density at radius 2 is 2.29 bits per heavy atom. The van der Waals surface area contributed by atoms with Crippen molar-refractivity contribution >= 4 is 15.7 Å². The molecule has 1 unspecified atom stereocenters. The molecule has 0 spiro atoms. The highest BCUT2D eigenvalue weighted by molar-refractivity contribution is 7.91. The molecule has 1 aliphatic heterocycles. The number of furan rings is 1. The van der Waals surface area contributed by atoms with Crippen LogP contribution in [0.5, 0.6) is 0 Å². The quantitative estimate of drug-likeness (QED) is 0.788. The Kier molecular flexibility index (Phi) is 4.75. The van der Waals surface area contributed by atoms with Crippen molar-refractivity contribution in [3.05, 3.63) is 42.1 Å². The molecule has 8 heteroatoms. The van der Waals surface area contributed by atoms with Crippen LogP contribution in [0.2, 0.25) is 0 Å². The summed E-state index contributed by atoms with van der Waals surface area (Å²) < 4.78 is 30.8. The van der Waals surface area contributed by atoms with E-state index in [9.17, 15) is 13.2 Å². The molecule has 1 amide bonds. The summed E-state index contributed by atoms with van der Waals surface area (Å²) in [5.41, 5.74) is 0. The second kappa shape index (κ2) is 6.80. The third-order valence-corrected chi connectivity index (χ3v) is 5.87. The third-order valence-electron chi connectivity index (χ3n) is 4.12. The zero-order chi connectivity index (χ0) is 17.2. The monoisotopic (exact) mass is 351 g/mol. The first-order valence-electron chi connectivity index (χ1n) is 8.06. The van der Waals surface area contributed by atoms with Gasteiger partial charge < -0.3 is 9.32 Å². The molecular weight excluding hydrogens is 330 g/mol. The highest BCUT2D eigenvalue weighted by Crippen LogP contribution is 2.21. The number of rotatable bonds is 6. The summed E-state index contributed by atoms with van der Waals surface area (Å²) in [6, 6.07) is 4.96. The Labute approximate surface area is 141 Å². The number of sulfone groups is 1. The van der Waals surface area contributed by atoms with E-state index in [-0.39, 0.29) is 29.2 Å². The van der Waals surface area contributed by atoms with Crippen LogP contribution in [0.15, 0.2) is 35.0 Å². The predicted molar refractivity (Wildman–Crippen MR) is 88.4 cm³/mol. The fourth-order valence-electron chi connectivity index (χ4n) is 2.99. The molecule has 0 aromatic carbocycles. The number of hydrogen-bond donors (Lipinski definition) is 0. The minimum Gasteiger partial charge on any atom is -0.454 e. The van der Waals surface area contributed by atoms with Gasteiger partial charge in [-0.3, -0.25) is 9.48 Å². The van der Waals surface area contributed by atoms with Crippen LogP contribution < -0.4 is 0 Å². The highest BCUT2D eigenvalue weighted by Gasteiger charge is 2.35. The molecule has 0 aliphatic carbocycles. The summed E-state index contributed by atoms with van der Waals surface area (Å²) in [4.78, 5) is 14.4. The van der Waals surface area contributed by atoms with E-state index in [2.05, 4.69) is 5.10 Å². The molecule has 1 aliphatic rings. The molecule has 3 rings (SSSR count). The molecule has 1 atom stereocenters. The van der Waals surface area contributed by atoms with Crippen LogP contribution >= 0.6 is 0 Å². The van der Waals surface area contributed by atoms with Crippen molar-refractivity contribution < 1.29 is 17.6 Å². The number of nitrogens with zero attached hydrogens (tertiary/aromatic N) is 3. The largest absolute Gasteiger partial charge is 0.454 e. The van der Waals surface area contributed by atoms with Crippen molar-refractivity contribution in [2.45, 2.75) is 32.4 Å². The standard InChI is InChI=1S/C16H21N3O4S/c1-2-8-19(13-6-10-24(21,22)12-13)16(20)15-5-4-14(23-15)11-18-9-3-7-17-18/h3-5,7,9,13H,2,6,8,10-12H2,1H3. The lowest BCUT2D eigenvalue weighted by Crippen LogP contribution is -2.41. The van der Waals surface area contributed by atoms with Gasteiger partial charge in [-0.2, -0.15) is 5.10 Å². The van der Waals surface area contributed by atoms with Crippen molar-refractivity contribution in [3.8, 4) is 0 Å². The highest BCUT2D eigenvalue weighted by atomic mass is 32.2. The fourth-order valence-corrected chi connectivity index (χ4v) is 4.72. The maximum atomic E-state index is 12.8. The van der Waals surface area contributed by atoms with E-state index in [1.165, 1.54) is 0 Å². The van der Waals surface area contributed by atoms with Crippen LogP contribution in [0.25, 0.3) is 0 Å². The normalized spacial score (nSPS) is 19.5. The summed E-state index contributed by atoms with van der Waals surface area (Å²) in [6.45, 7) is 2.94. The van der Waals surface area contributed by atoms with Crippen molar-refractivity contribution in [2.24, 2.45) is 0 Å². The lowest BCUT2D eigenvalue weighted by Gasteiger charge is -2.26. The minimum atomic E-state index is -3.04. The van der Waals surface area contributed by atoms with E-state index < -0.39 is 9.84 Å². The minimum absolute atomic E-state index is 0.0413. The van der Waals surface area contributed by atoms with E-state index in [1.54, 1.807) is 27.9 Å². The van der Waals surface area contributed by atoms with Gasteiger partial charge in [0.2, 0.25) is 0 Å². The van der Waals surface area contributed by atoms with Crippen molar-refractivity contribution in [1.29, 1.82) is 0 Å². The Bertz CT molecular complexity index is 795. The van der Waals surface area contributed by atoms with Gasteiger partial charge in [-0.05, 0) is 31.0 Å². The first-order chi connectivity index (χ1) is 11.5. The van der Waals surface area contributed by atoms with E-state index in [0.717, 1.165) is 6.42 Å². The van der Waals surface area contributed by atoms with E-state index >= 15 is 0 Å². The van der Waals surface area contributed by atoms with Crippen molar-refractivity contribution in [1.82, 2.24) is 14.7 Å². The zero-order valence-electron chi connectivity index (χ0n) is 13.6. The molecule has 1 fully saturated rings. The number of carbonyl (C=O) groups excluding carboxylic acids is 1. The lowest BCUT2D eigenvalue weighted by molar-refractivity contribution is 0.0662. The van der Waals surface area contributed by atoms with Crippen LogP contribution in [0.3, 0.4) is 0 Å². The molecule has 130 valence electrons. The van der Waals surface area contributed by atoms with Crippen LogP contribution in [0.4, 0.5) is 0 Å². The summed E-state index contributed by atoms with van der Waals surface area (Å²) in [5.74, 6) is 0.825. The van der Waals surface area contributed by atoms with E-state index in [0.29, 0.717) is 25.3 Å². The van der Waals surface area contributed by atoms with Crippen LogP contribution in [-0.2, 0) is 16.4 Å². The molecule has 0 saturated carbocycles. The number of carbonyl (C=O) groups is 1. The number of aromatic nitrogens is 2. The summed E-state index contributed by atoms with van der Waals surface area (Å²) in [5, 5.41) is 4.10. The summed E-state index contributed by atoms with van der Waals surface area (Å²) >= 11 is 0. The van der Waals surface area contributed by atoms with Gasteiger partial charge in [-0.1, -0.05) is 6.92 Å².